The lowest BCUT2D eigenvalue weighted by Gasteiger charge is -1.94. The van der Waals surface area contributed by atoms with Crippen molar-refractivity contribution in [2.75, 3.05) is 0 Å². The summed E-state index contributed by atoms with van der Waals surface area (Å²) in [5.74, 6) is 0. The maximum atomic E-state index is 7.13. The fourth-order valence-electron chi connectivity index (χ4n) is 0.740. The van der Waals surface area contributed by atoms with Crippen molar-refractivity contribution >= 4 is 0 Å². The van der Waals surface area contributed by atoms with E-state index in [1.54, 1.807) is 12.1 Å². The highest BCUT2D eigenvalue weighted by Crippen LogP contribution is 2.02. The molecule has 0 radical (unpaired) electrons. The Morgan fingerprint density at radius 3 is 2.44 bits per heavy atom. The van der Waals surface area contributed by atoms with Crippen molar-refractivity contribution in [3.63, 3.8) is 0 Å². The van der Waals surface area contributed by atoms with Crippen LogP contribution in [0.1, 0.15) is 22.2 Å². The fraction of sp³-hybridized carbons (Fsp3) is 0.333. The monoisotopic (exact) mass is 123 g/mol. The average Bonchev–Trinajstić information content (AvgIpc) is 2.03. The Kier molecular flexibility index (Phi) is 1.01. The maximum absolute atomic E-state index is 7.13. The van der Waals surface area contributed by atoms with Gasteiger partial charge in [0.05, 0.1) is 0 Å². The molecule has 1 aromatic rings. The van der Waals surface area contributed by atoms with Gasteiger partial charge in [0.25, 0.3) is 0 Å². The fourth-order valence-corrected chi connectivity index (χ4v) is 0.740. The third-order valence-corrected chi connectivity index (χ3v) is 1.36. The van der Waals surface area contributed by atoms with Gasteiger partial charge in [-0.2, -0.15) is 0 Å². The molecule has 0 heteroatoms. The predicted molar refractivity (Wildman–Crippen MR) is 40.6 cm³/mol. The minimum absolute atomic E-state index is 0.416. The molecule has 0 aliphatic heterocycles. The van der Waals surface area contributed by atoms with Gasteiger partial charge in [0, 0.05) is 4.11 Å². The van der Waals surface area contributed by atoms with E-state index in [-0.39, 0.29) is 0 Å². The van der Waals surface area contributed by atoms with Crippen molar-refractivity contribution in [1.82, 2.24) is 0 Å². The Balaban J connectivity index is 2.93. The second kappa shape index (κ2) is 2.67. The number of rotatable bonds is 1. The van der Waals surface area contributed by atoms with Crippen molar-refractivity contribution in [2.45, 2.75) is 20.2 Å². The molecule has 0 saturated heterocycles. The summed E-state index contributed by atoms with van der Waals surface area (Å²) in [4.78, 5) is 0. The van der Waals surface area contributed by atoms with Gasteiger partial charge in [-0.3, -0.25) is 0 Å². The Morgan fingerprint density at radius 2 is 2.00 bits per heavy atom. The van der Waals surface area contributed by atoms with Crippen molar-refractivity contribution in [3.05, 3.63) is 35.4 Å². The van der Waals surface area contributed by atoms with Crippen LogP contribution < -0.4 is 0 Å². The van der Waals surface area contributed by atoms with Gasteiger partial charge >= 0.3 is 0 Å². The van der Waals surface area contributed by atoms with Gasteiger partial charge in [0.1, 0.15) is 0 Å². The SMILES string of the molecule is [2H]C([2H])([2H])c1ccc(CC)cc1. The van der Waals surface area contributed by atoms with E-state index in [1.165, 1.54) is 5.56 Å². The number of hydrogen-bond acceptors (Lipinski definition) is 0. The van der Waals surface area contributed by atoms with Crippen LogP contribution in [-0.2, 0) is 6.42 Å². The standard InChI is InChI=1S/C9H12/c1-3-9-6-4-8(2)5-7-9/h4-7H,3H2,1-2H3/i2D3. The zero-order chi connectivity index (χ0) is 9.19. The Labute approximate surface area is 60.7 Å². The summed E-state index contributed by atoms with van der Waals surface area (Å²) < 4.78 is 21.4. The lowest BCUT2D eigenvalue weighted by Crippen LogP contribution is -1.77. The summed E-state index contributed by atoms with van der Waals surface area (Å²) in [6, 6.07) is 7.07. The molecule has 0 bridgehead atoms. The summed E-state index contributed by atoms with van der Waals surface area (Å²) in [6.45, 7) is 0.0800. The minimum atomic E-state index is -1.97. The largest absolute Gasteiger partial charge is 0.0613 e. The number of hydrogen-bond donors (Lipinski definition) is 0. The third-order valence-electron chi connectivity index (χ3n) is 1.36. The highest BCUT2D eigenvalue weighted by atomic mass is 13.9. The van der Waals surface area contributed by atoms with Crippen molar-refractivity contribution < 1.29 is 4.11 Å². The molecule has 0 amide bonds. The van der Waals surface area contributed by atoms with E-state index >= 15 is 0 Å². The molecule has 0 aliphatic carbocycles. The van der Waals surface area contributed by atoms with E-state index in [1.807, 2.05) is 19.1 Å². The van der Waals surface area contributed by atoms with Crippen LogP contribution in [0.2, 0.25) is 0 Å². The number of benzene rings is 1. The molecule has 0 aromatic heterocycles. The normalized spacial score (nSPS) is 15.9. The molecule has 0 N–H and O–H groups in total. The van der Waals surface area contributed by atoms with Crippen LogP contribution in [0.5, 0.6) is 0 Å². The molecule has 0 atom stereocenters. The summed E-state index contributed by atoms with van der Waals surface area (Å²) in [5, 5.41) is 0. The first kappa shape index (κ1) is 3.40. The van der Waals surface area contributed by atoms with Crippen molar-refractivity contribution in [3.8, 4) is 0 Å². The van der Waals surface area contributed by atoms with Gasteiger partial charge < -0.3 is 0 Å². The van der Waals surface area contributed by atoms with E-state index in [0.717, 1.165) is 6.42 Å². The molecule has 0 fully saturated rings. The maximum Gasteiger partial charge on any atom is 0.0280 e. The van der Waals surface area contributed by atoms with Crippen LogP contribution in [-0.4, -0.2) is 0 Å². The van der Waals surface area contributed by atoms with E-state index < -0.39 is 6.85 Å². The van der Waals surface area contributed by atoms with Crippen molar-refractivity contribution in [1.29, 1.82) is 0 Å². The summed E-state index contributed by atoms with van der Waals surface area (Å²) in [5.41, 5.74) is 1.59. The van der Waals surface area contributed by atoms with Gasteiger partial charge in [-0.1, -0.05) is 36.8 Å². The molecule has 48 valence electrons. The average molecular weight is 123 g/mol. The van der Waals surface area contributed by atoms with Crippen LogP contribution in [0, 0.1) is 6.85 Å². The lowest BCUT2D eigenvalue weighted by atomic mass is 10.1. The van der Waals surface area contributed by atoms with E-state index in [9.17, 15) is 0 Å². The van der Waals surface area contributed by atoms with E-state index in [0.29, 0.717) is 5.56 Å². The summed E-state index contributed by atoms with van der Waals surface area (Å²) >= 11 is 0. The molecule has 0 heterocycles. The predicted octanol–water partition coefficient (Wildman–Crippen LogP) is 2.56. The number of aryl methyl sites for hydroxylation is 2. The van der Waals surface area contributed by atoms with Crippen LogP contribution in [0.3, 0.4) is 0 Å². The minimum Gasteiger partial charge on any atom is -0.0613 e. The van der Waals surface area contributed by atoms with Gasteiger partial charge in [-0.25, -0.2) is 0 Å². The van der Waals surface area contributed by atoms with Crippen LogP contribution in [0.15, 0.2) is 24.3 Å². The molecule has 0 unspecified atom stereocenters. The van der Waals surface area contributed by atoms with Crippen LogP contribution in [0.4, 0.5) is 0 Å². The summed E-state index contributed by atoms with van der Waals surface area (Å²) in [7, 11) is 0. The first-order valence-corrected chi connectivity index (χ1v) is 3.13. The molecule has 0 nitrogen and oxygen atoms in total. The van der Waals surface area contributed by atoms with Gasteiger partial charge in [-0.15, -0.1) is 0 Å². The molecule has 0 saturated carbocycles. The van der Waals surface area contributed by atoms with E-state index in [4.69, 9.17) is 4.11 Å². The second-order valence-electron chi connectivity index (χ2n) is 2.05. The summed E-state index contributed by atoms with van der Waals surface area (Å²) in [6.07, 6.45) is 0.946. The second-order valence-corrected chi connectivity index (χ2v) is 2.05. The zero-order valence-electron chi connectivity index (χ0n) is 8.52. The Morgan fingerprint density at radius 1 is 1.33 bits per heavy atom. The molecule has 0 spiro atoms. The quantitative estimate of drug-likeness (QED) is 0.538. The molecular formula is C9H12. The molecule has 0 aliphatic rings. The Hall–Kier alpha value is -0.780. The van der Waals surface area contributed by atoms with Gasteiger partial charge in [0.15, 0.2) is 0 Å². The molecule has 9 heavy (non-hydrogen) atoms. The molecular weight excluding hydrogens is 108 g/mol. The first-order valence-electron chi connectivity index (χ1n) is 4.63. The van der Waals surface area contributed by atoms with Crippen molar-refractivity contribution in [2.24, 2.45) is 0 Å². The highest BCUT2D eigenvalue weighted by Gasteiger charge is 1.84. The van der Waals surface area contributed by atoms with Gasteiger partial charge in [0.2, 0.25) is 0 Å². The van der Waals surface area contributed by atoms with E-state index in [2.05, 4.69) is 0 Å². The molecule has 1 aromatic carbocycles. The molecule has 1 rings (SSSR count). The zero-order valence-corrected chi connectivity index (χ0v) is 5.52. The highest BCUT2D eigenvalue weighted by molar-refractivity contribution is 5.20. The Bertz CT molecular complexity index is 245. The lowest BCUT2D eigenvalue weighted by molar-refractivity contribution is 1.14. The van der Waals surface area contributed by atoms with Crippen LogP contribution in [0.25, 0.3) is 0 Å². The van der Waals surface area contributed by atoms with Crippen LogP contribution >= 0.6 is 0 Å². The topological polar surface area (TPSA) is 0 Å². The third kappa shape index (κ3) is 1.56. The first-order chi connectivity index (χ1) is 5.54. The van der Waals surface area contributed by atoms with Gasteiger partial charge in [-0.05, 0) is 18.8 Å². The smallest absolute Gasteiger partial charge is 0.0280 e.